The molecule has 0 spiro atoms. The Morgan fingerprint density at radius 2 is 1.28 bits per heavy atom. The molecule has 1 amide bonds. The van der Waals surface area contributed by atoms with Crippen LogP contribution in [0.15, 0.2) is 101 Å². The first kappa shape index (κ1) is 19.2. The van der Waals surface area contributed by atoms with Crippen LogP contribution < -0.4 is 9.60 Å². The van der Waals surface area contributed by atoms with Crippen molar-refractivity contribution in [3.8, 4) is 0 Å². The molecule has 4 aromatic rings. The number of rotatable bonds is 5. The zero-order valence-corrected chi connectivity index (χ0v) is 17.3. The summed E-state index contributed by atoms with van der Waals surface area (Å²) in [5.41, 5.74) is 2.87. The Bertz CT molecular complexity index is 1210. The molecule has 0 fully saturated rings. The summed E-state index contributed by atoms with van der Waals surface area (Å²) in [5.74, 6) is -0.240. The van der Waals surface area contributed by atoms with Crippen molar-refractivity contribution in [1.29, 1.82) is 0 Å². The molecule has 29 heavy (non-hydrogen) atoms. The van der Waals surface area contributed by atoms with Crippen molar-refractivity contribution >= 4 is 26.6 Å². The number of carbonyl (C=O) groups is 1. The maximum atomic E-state index is 12.6. The summed E-state index contributed by atoms with van der Waals surface area (Å²) in [7, 11) is 3.02. The molecule has 4 nitrogen and oxygen atoms in total. The number of aromatic nitrogens is 1. The van der Waals surface area contributed by atoms with E-state index in [9.17, 15) is 4.79 Å². The first-order valence-corrected chi connectivity index (χ1v) is 11.4. The number of hydrogen-bond donors (Lipinski definition) is 0. The molecule has 4 rings (SSSR count). The molecule has 0 N–H and O–H groups in total. The number of carbonyl (C=O) groups excluding carboxylic acids is 1. The summed E-state index contributed by atoms with van der Waals surface area (Å²) >= 11 is 0. The highest BCUT2D eigenvalue weighted by atomic mass is 32.9. The van der Waals surface area contributed by atoms with Gasteiger partial charge in [0.2, 0.25) is 4.80 Å². The average Bonchev–Trinajstić information content (AvgIpc) is 3.15. The predicted octanol–water partition coefficient (Wildman–Crippen LogP) is 4.50. The second kappa shape index (κ2) is 9.41. The maximum absolute atomic E-state index is 12.6. The first-order chi connectivity index (χ1) is 14.3. The molecule has 6 heteroatoms. The SMILES string of the molecule is O=C(N=c1ssc(=NCc2ccccc2)n1Cc1ccccc1)c1ccccc1. The van der Waals surface area contributed by atoms with E-state index in [0.717, 1.165) is 15.9 Å². The van der Waals surface area contributed by atoms with Gasteiger partial charge in [-0.15, -0.1) is 0 Å². The fraction of sp³-hybridized carbons (Fsp3) is 0.0870. The monoisotopic (exact) mass is 417 g/mol. The summed E-state index contributed by atoms with van der Waals surface area (Å²) in [6.07, 6.45) is 0. The van der Waals surface area contributed by atoms with E-state index in [4.69, 9.17) is 4.99 Å². The Balaban J connectivity index is 1.74. The lowest BCUT2D eigenvalue weighted by Crippen LogP contribution is -2.27. The molecule has 0 saturated carbocycles. The maximum Gasteiger partial charge on any atom is 0.279 e. The molecule has 0 aliphatic heterocycles. The van der Waals surface area contributed by atoms with Gasteiger partial charge in [-0.05, 0) is 43.9 Å². The van der Waals surface area contributed by atoms with Crippen LogP contribution in [0.2, 0.25) is 0 Å². The van der Waals surface area contributed by atoms with Gasteiger partial charge in [0.15, 0.2) is 4.80 Å². The third kappa shape index (κ3) is 5.04. The highest BCUT2D eigenvalue weighted by Gasteiger charge is 2.07. The zero-order chi connectivity index (χ0) is 19.9. The van der Waals surface area contributed by atoms with Crippen molar-refractivity contribution in [2.45, 2.75) is 13.1 Å². The van der Waals surface area contributed by atoms with E-state index in [2.05, 4.69) is 29.3 Å². The van der Waals surface area contributed by atoms with Gasteiger partial charge in [-0.2, -0.15) is 4.99 Å². The summed E-state index contributed by atoms with van der Waals surface area (Å²) in [5, 5.41) is 0. The fourth-order valence-electron chi connectivity index (χ4n) is 2.81. The number of nitrogens with zero attached hydrogens (tertiary/aromatic N) is 3. The van der Waals surface area contributed by atoms with E-state index in [1.54, 1.807) is 22.5 Å². The Kier molecular flexibility index (Phi) is 6.24. The van der Waals surface area contributed by atoms with Crippen LogP contribution in [-0.4, -0.2) is 10.5 Å². The van der Waals surface area contributed by atoms with Crippen LogP contribution in [0.3, 0.4) is 0 Å². The molecule has 0 aliphatic rings. The van der Waals surface area contributed by atoms with Gasteiger partial charge in [0.1, 0.15) is 0 Å². The third-order valence-electron chi connectivity index (χ3n) is 4.29. The van der Waals surface area contributed by atoms with Gasteiger partial charge in [-0.3, -0.25) is 14.4 Å². The van der Waals surface area contributed by atoms with Crippen LogP contribution in [-0.2, 0) is 13.1 Å². The summed E-state index contributed by atoms with van der Waals surface area (Å²) in [4.78, 5) is 23.3. The van der Waals surface area contributed by atoms with Crippen molar-refractivity contribution in [1.82, 2.24) is 4.57 Å². The highest BCUT2D eigenvalue weighted by Crippen LogP contribution is 2.05. The molecular formula is C23H19N3OS2. The molecule has 0 radical (unpaired) electrons. The molecular weight excluding hydrogens is 398 g/mol. The van der Waals surface area contributed by atoms with Gasteiger partial charge >= 0.3 is 0 Å². The number of hydrogen-bond acceptors (Lipinski definition) is 4. The normalized spacial score (nSPS) is 12.3. The molecule has 0 saturated heterocycles. The van der Waals surface area contributed by atoms with Crippen molar-refractivity contribution in [3.05, 3.63) is 117 Å². The summed E-state index contributed by atoms with van der Waals surface area (Å²) in [6.45, 7) is 1.21. The molecule has 0 atom stereocenters. The smallest absolute Gasteiger partial charge is 0.279 e. The molecule has 3 aromatic carbocycles. The van der Waals surface area contributed by atoms with E-state index < -0.39 is 0 Å². The Hall–Kier alpha value is -3.09. The van der Waals surface area contributed by atoms with Crippen LogP contribution >= 0.6 is 20.7 Å². The molecule has 0 unspecified atom stereocenters. The minimum Gasteiger partial charge on any atom is -0.288 e. The first-order valence-electron chi connectivity index (χ1n) is 9.22. The molecule has 0 aliphatic carbocycles. The lowest BCUT2D eigenvalue weighted by atomic mass is 10.2. The van der Waals surface area contributed by atoms with E-state index in [-0.39, 0.29) is 5.91 Å². The van der Waals surface area contributed by atoms with E-state index >= 15 is 0 Å². The van der Waals surface area contributed by atoms with Crippen molar-refractivity contribution in [3.63, 3.8) is 0 Å². The van der Waals surface area contributed by atoms with Crippen LogP contribution in [0, 0.1) is 0 Å². The molecule has 1 aromatic heterocycles. The van der Waals surface area contributed by atoms with Crippen LogP contribution in [0.5, 0.6) is 0 Å². The standard InChI is InChI=1S/C23H19N3OS2/c27-21(20-14-8-3-9-15-20)25-23-26(17-19-12-6-2-7-13-19)22(28-29-23)24-16-18-10-4-1-5-11-18/h1-15H,16-17H2. The highest BCUT2D eigenvalue weighted by molar-refractivity contribution is 7.67. The van der Waals surface area contributed by atoms with Gasteiger partial charge < -0.3 is 0 Å². The molecule has 1 heterocycles. The van der Waals surface area contributed by atoms with E-state index in [0.29, 0.717) is 23.5 Å². The Morgan fingerprint density at radius 1 is 0.724 bits per heavy atom. The lowest BCUT2D eigenvalue weighted by molar-refractivity contribution is 0.0997. The predicted molar refractivity (Wildman–Crippen MR) is 118 cm³/mol. The number of benzene rings is 3. The van der Waals surface area contributed by atoms with Crippen LogP contribution in [0.25, 0.3) is 0 Å². The molecule has 144 valence electrons. The van der Waals surface area contributed by atoms with Crippen LogP contribution in [0.1, 0.15) is 21.5 Å². The second-order valence-corrected chi connectivity index (χ2v) is 8.45. The largest absolute Gasteiger partial charge is 0.288 e. The third-order valence-corrected chi connectivity index (χ3v) is 6.48. The number of amides is 1. The minimum absolute atomic E-state index is 0.240. The summed E-state index contributed by atoms with van der Waals surface area (Å²) in [6, 6.07) is 29.5. The van der Waals surface area contributed by atoms with Gasteiger partial charge in [0.25, 0.3) is 5.91 Å². The van der Waals surface area contributed by atoms with Crippen molar-refractivity contribution in [2.75, 3.05) is 0 Å². The lowest BCUT2D eigenvalue weighted by Gasteiger charge is -2.03. The Labute approximate surface area is 176 Å². The zero-order valence-electron chi connectivity index (χ0n) is 15.6. The average molecular weight is 418 g/mol. The van der Waals surface area contributed by atoms with Crippen molar-refractivity contribution < 1.29 is 4.79 Å². The van der Waals surface area contributed by atoms with Gasteiger partial charge in [0, 0.05) is 5.56 Å². The van der Waals surface area contributed by atoms with Crippen LogP contribution in [0.4, 0.5) is 0 Å². The van der Waals surface area contributed by atoms with E-state index in [1.165, 1.54) is 10.3 Å². The Morgan fingerprint density at radius 3 is 1.93 bits per heavy atom. The van der Waals surface area contributed by atoms with E-state index in [1.807, 2.05) is 59.2 Å². The minimum atomic E-state index is -0.240. The quantitative estimate of drug-likeness (QED) is 0.441. The second-order valence-electron chi connectivity index (χ2n) is 6.39. The van der Waals surface area contributed by atoms with Gasteiger partial charge in [-0.25, -0.2) is 0 Å². The summed E-state index contributed by atoms with van der Waals surface area (Å²) < 4.78 is 2.02. The van der Waals surface area contributed by atoms with Crippen molar-refractivity contribution in [2.24, 2.45) is 9.98 Å². The molecule has 0 bridgehead atoms. The fourth-order valence-corrected chi connectivity index (χ4v) is 5.00. The van der Waals surface area contributed by atoms with Gasteiger partial charge in [0.05, 0.1) is 13.1 Å². The van der Waals surface area contributed by atoms with Gasteiger partial charge in [-0.1, -0.05) is 78.9 Å². The topological polar surface area (TPSA) is 46.7 Å².